The van der Waals surface area contributed by atoms with Gasteiger partial charge in [0.25, 0.3) is 0 Å². The average molecular weight is 2960 g/mol. The summed E-state index contributed by atoms with van der Waals surface area (Å²) in [6.07, 6.45) is 15.7. The maximum absolute atomic E-state index is 7.78. The highest BCUT2D eigenvalue weighted by molar-refractivity contribution is 8.42. The van der Waals surface area contributed by atoms with E-state index < -0.39 is 81.7 Å². The van der Waals surface area contributed by atoms with Gasteiger partial charge in [-0.1, -0.05) is 13.5 Å². The van der Waals surface area contributed by atoms with E-state index in [1.54, 1.807) is 36.4 Å². The van der Waals surface area contributed by atoms with E-state index in [1.165, 1.54) is 232 Å². The molecule has 1 aliphatic rings. The van der Waals surface area contributed by atoms with E-state index in [0.717, 1.165) is 57.4 Å². The average Bonchev–Trinajstić information content (AvgIpc) is 0.723. The molecule has 1 heterocycles. The molecule has 0 amide bonds. The molecule has 33 nitrogen and oxygen atoms in total. The zero-order chi connectivity index (χ0) is 109. The van der Waals surface area contributed by atoms with E-state index in [0.29, 0.717) is 0 Å². The Hall–Kier alpha value is 3.21. The van der Waals surface area contributed by atoms with Crippen LogP contribution < -0.4 is 27.1 Å². The molecule has 0 radical (unpaired) electrons. The molecule has 0 N–H and O–H groups in total. The van der Waals surface area contributed by atoms with Crippen molar-refractivity contribution in [3.63, 3.8) is 0 Å². The first kappa shape index (κ1) is 134. The van der Waals surface area contributed by atoms with Gasteiger partial charge in [0, 0.05) is 84.6 Å². The van der Waals surface area contributed by atoms with Crippen LogP contribution in [0.1, 0.15) is 66.8 Å². The SMILES string of the molecule is CN(/N=C/c1cc(/C=N/N(C)P(=S)(Cl)Cl)cc(OP2(Oc3cc(/C=N/N(C)P(=S)(Cl)Cl)cc(/C=N/N(C)P(=S)(Cl)Cl)c3)=NP(Oc3cc(/C=N/N(C)P(=S)(Cl)Cl)cc(/C=N/N(C)P(=S)(Cl)Cl)c3)(Oc3cc(/C=N/N(C)P(=S)(Cl)Cl)cc(/C=N/N(C)P(=S)(Cl)Cl)c3)=NP(Oc3cc(/C=N/N(C)P(=S)(Cl)Cl)cc(/C=N/N(C)P(=S)(Cl)Cl)c3)(Oc3cc(/C=N/N(C)P(=S)(Cl)Cl)cc(/C=N/N(C)P(=S)(Cl)Cl)c3)=N2)c1)P(=S)(Cl)Cl. The Bertz CT molecular complexity index is 5660. The lowest BCUT2D eigenvalue weighted by Gasteiger charge is -2.33. The maximum atomic E-state index is 7.78. The molecular formula is C60H66Cl24N27O6P15S12. The number of hydrogen-bond donors (Lipinski definition) is 0. The zero-order valence-electron chi connectivity index (χ0n) is 73.5. The molecule has 84 heteroatoms. The second kappa shape index (κ2) is 56.2. The predicted octanol–water partition coefficient (Wildman–Crippen LogP) is 35.9. The van der Waals surface area contributed by atoms with Gasteiger partial charge in [-0.05, 0) is 587 Å². The quantitative estimate of drug-likeness (QED) is 0.0195. The predicted molar refractivity (Wildman–Crippen MR) is 687 cm³/mol. The summed E-state index contributed by atoms with van der Waals surface area (Å²) in [5.41, 5.74) is 1.59. The van der Waals surface area contributed by atoms with Crippen molar-refractivity contribution in [1.82, 2.24) is 57.4 Å². The fourth-order valence-electron chi connectivity index (χ4n) is 9.19. The molecule has 6 aromatic rings. The highest BCUT2D eigenvalue weighted by Gasteiger charge is 2.50. The molecule has 792 valence electrons. The molecule has 0 unspecified atom stereocenters. The lowest BCUT2D eigenvalue weighted by Crippen LogP contribution is -2.12. The van der Waals surface area contributed by atoms with Crippen LogP contribution in [0.4, 0.5) is 0 Å². The minimum atomic E-state index is -5.65. The Morgan fingerprint density at radius 3 is 0.319 bits per heavy atom. The molecule has 0 fully saturated rings. The van der Waals surface area contributed by atoms with Crippen LogP contribution in [0.2, 0.25) is 0 Å². The third-order valence-electron chi connectivity index (χ3n) is 16.3. The molecule has 0 bridgehead atoms. The number of hydrogen-bond acceptors (Lipinski definition) is 33. The van der Waals surface area contributed by atoms with Crippen LogP contribution in [0.15, 0.2) is 184 Å². The van der Waals surface area contributed by atoms with Crippen molar-refractivity contribution in [3.8, 4) is 34.5 Å². The lowest BCUT2D eigenvalue weighted by atomic mass is 10.1. The molecule has 0 aromatic heterocycles. The highest BCUT2D eigenvalue weighted by Crippen LogP contribution is 2.80. The van der Waals surface area contributed by atoms with E-state index in [4.69, 9.17) is 452 Å². The number of benzene rings is 6. The Morgan fingerprint density at radius 1 is 0.174 bits per heavy atom. The van der Waals surface area contributed by atoms with Gasteiger partial charge in [0.05, 0.1) is 74.6 Å². The standard InChI is InChI=1S/C60H66Cl24N27O6P15S12/c1-100(118(61,62)133)85-31-43-13-44(32-86-101(2)119(63,64)134)20-55(19-43)112-130(113-56-21-45(33-87-102(3)120(65,66)135)14-46(22-56)34-88-103(4)121(67,68)136)97-131(114-57-23-47(35-89-104(5)122(69,70)137)15-48(24-57)36-90-105(6)123(71,72)138,115-58-25-49(37-91-106(7)124(73,74)139)16-50(26-58)38-92-107(8)125(75,76)140)99-132(98-130,116-59-27-51(39-93-108(9)126(77,78)141)17-52(28-59)40-94-109(10)127(79,80)142)117-60-29-53(41-95-110(11)128(81,82)143)18-54(30-60)42-96-111(12)129(83,84)144/h13-42H,1-12H3/b85-31+,86-32+,87-33+,88-34+,89-35+,90-36+,91-37+,92-38+,93-39+,94-40+,95-41+,96-42+. The van der Waals surface area contributed by atoms with Crippen LogP contribution in [0, 0.1) is 0 Å². The van der Waals surface area contributed by atoms with Gasteiger partial charge in [0.2, 0.25) is 58.7 Å². The van der Waals surface area contributed by atoms with Gasteiger partial charge in [-0.2, -0.15) is 61.2 Å². The second-order valence-electron chi connectivity index (χ2n) is 27.3. The lowest BCUT2D eigenvalue weighted by molar-refractivity contribution is 0.443. The van der Waals surface area contributed by atoms with Crippen molar-refractivity contribution in [2.45, 2.75) is 0 Å². The van der Waals surface area contributed by atoms with Crippen LogP contribution in [0.3, 0.4) is 0 Å². The third-order valence-corrected chi connectivity index (χ3v) is 58.0. The number of nitrogens with zero attached hydrogens (tertiary/aromatic N) is 27. The molecule has 0 saturated carbocycles. The number of halogens is 24. The first-order valence-electron chi connectivity index (χ1n) is 36.9. The summed E-state index contributed by atoms with van der Waals surface area (Å²) in [4.78, 5) is -41.0. The van der Waals surface area contributed by atoms with E-state index in [9.17, 15) is 0 Å². The van der Waals surface area contributed by atoms with Gasteiger partial charge in [-0.25, -0.2) is 57.4 Å². The van der Waals surface area contributed by atoms with Gasteiger partial charge in [0.15, 0.2) is 0 Å². The van der Waals surface area contributed by atoms with Crippen LogP contribution >= 0.6 is 351 Å². The fourth-order valence-corrected chi connectivity index (χ4v) is 24.6. The molecule has 7 rings (SSSR count). The van der Waals surface area contributed by atoms with Crippen molar-refractivity contribution in [2.24, 2.45) is 74.8 Å². The summed E-state index contributed by atoms with van der Waals surface area (Å²) in [6, 6.07) is 26.5. The van der Waals surface area contributed by atoms with E-state index in [2.05, 4.69) is 61.2 Å². The highest BCUT2D eigenvalue weighted by atomic mass is 35.9. The molecule has 6 aromatic carbocycles. The fraction of sp³-hybridized carbons (Fsp3) is 0.200. The molecule has 0 atom stereocenters. The van der Waals surface area contributed by atoms with E-state index in [1.807, 2.05) is 0 Å². The van der Waals surface area contributed by atoms with Gasteiger partial charge in [0.1, 0.15) is 34.5 Å². The molecule has 0 saturated heterocycles. The minimum Gasteiger partial charge on any atom is -0.413 e. The smallest absolute Gasteiger partial charge is 0.413 e. The van der Waals surface area contributed by atoms with Crippen LogP contribution in [0.5, 0.6) is 34.5 Å². The van der Waals surface area contributed by atoms with Crippen molar-refractivity contribution in [1.29, 1.82) is 0 Å². The van der Waals surface area contributed by atoms with Crippen LogP contribution in [-0.4, -0.2) is 217 Å². The van der Waals surface area contributed by atoms with Crippen molar-refractivity contribution in [3.05, 3.63) is 176 Å². The summed E-state index contributed by atoms with van der Waals surface area (Å²) in [6.45, 7) is 0. The Kier molecular flexibility index (Phi) is 52.3. The Balaban J connectivity index is 2.08. The summed E-state index contributed by atoms with van der Waals surface area (Å²) < 4.78 is 77.5. The molecular weight excluding hydrogens is 2900 g/mol. The van der Waals surface area contributed by atoms with Crippen LogP contribution in [0.25, 0.3) is 0 Å². The molecule has 1 aliphatic heterocycles. The molecule has 144 heavy (non-hydrogen) atoms. The maximum Gasteiger partial charge on any atom is 0.460 e. The molecule has 0 spiro atoms. The van der Waals surface area contributed by atoms with E-state index in [-0.39, 0.29) is 101 Å². The first-order valence-corrected chi connectivity index (χ1v) is 96.3. The normalized spacial score (nSPS) is 15.0. The zero-order valence-corrected chi connectivity index (χ0v) is 115. The van der Waals surface area contributed by atoms with E-state index >= 15 is 0 Å². The van der Waals surface area contributed by atoms with Crippen LogP contribution in [-0.2, 0) is 142 Å². The summed E-state index contributed by atoms with van der Waals surface area (Å²) in [5.74, 6) is -1.81. The van der Waals surface area contributed by atoms with Gasteiger partial charge in [-0.15, -0.1) is 0 Å². The summed E-state index contributed by atoms with van der Waals surface area (Å²) in [7, 11) is 0.260. The van der Waals surface area contributed by atoms with Crippen molar-refractivity contribution in [2.75, 3.05) is 84.6 Å². The van der Waals surface area contributed by atoms with Gasteiger partial charge >= 0.3 is 23.0 Å². The first-order chi connectivity index (χ1) is 65.6. The summed E-state index contributed by atoms with van der Waals surface area (Å²) >= 11 is 225. The third kappa shape index (κ3) is 46.4. The number of hydrazone groups is 12. The monoisotopic (exact) mass is 2950 g/mol. The van der Waals surface area contributed by atoms with Crippen molar-refractivity contribution >= 4 is 568 Å². The molecule has 0 aliphatic carbocycles. The Labute approximate surface area is 1010 Å². The van der Waals surface area contributed by atoms with Gasteiger partial charge in [-0.3, -0.25) is 0 Å². The van der Waals surface area contributed by atoms with Gasteiger partial charge < -0.3 is 27.1 Å². The Morgan fingerprint density at radius 2 is 0.250 bits per heavy atom. The van der Waals surface area contributed by atoms with Crippen molar-refractivity contribution < 1.29 is 27.1 Å². The second-order valence-corrected chi connectivity index (χ2v) is 126. The largest absolute Gasteiger partial charge is 0.460 e. The minimum absolute atomic E-state index is 0.132. The topological polar surface area (TPSA) is 280 Å². The summed E-state index contributed by atoms with van der Waals surface area (Å²) in [5, 5.41) is 54.7. The number of rotatable bonds is 48.